The highest BCUT2D eigenvalue weighted by Crippen LogP contribution is 2.29. The van der Waals surface area contributed by atoms with Gasteiger partial charge in [0.1, 0.15) is 23.7 Å². The quantitative estimate of drug-likeness (QED) is 0.452. The molecule has 0 bridgehead atoms. The molecular weight excluding hydrogens is 446 g/mol. The van der Waals surface area contributed by atoms with E-state index in [-0.39, 0.29) is 12.5 Å². The molecule has 0 aliphatic heterocycles. The summed E-state index contributed by atoms with van der Waals surface area (Å²) in [4.78, 5) is 25.0. The first-order valence-corrected chi connectivity index (χ1v) is 10.9. The van der Waals surface area contributed by atoms with E-state index in [2.05, 4.69) is 16.7 Å². The number of nitrogens with one attached hydrogen (secondary N) is 2. The fourth-order valence-corrected chi connectivity index (χ4v) is 3.14. The molecule has 8 heteroatoms. The van der Waals surface area contributed by atoms with Gasteiger partial charge in [0.25, 0.3) is 5.91 Å². The summed E-state index contributed by atoms with van der Waals surface area (Å²) >= 11 is 0. The molecule has 180 valence electrons. The van der Waals surface area contributed by atoms with Gasteiger partial charge in [-0.1, -0.05) is 24.3 Å². The Morgan fingerprint density at radius 2 is 1.74 bits per heavy atom. The Bertz CT molecular complexity index is 1260. The number of hydrogen-bond acceptors (Lipinski definition) is 6. The summed E-state index contributed by atoms with van der Waals surface area (Å²) in [5.41, 5.74) is 1.83. The van der Waals surface area contributed by atoms with Crippen molar-refractivity contribution in [3.8, 4) is 17.6 Å². The van der Waals surface area contributed by atoms with Gasteiger partial charge in [0.05, 0.1) is 24.4 Å². The van der Waals surface area contributed by atoms with Gasteiger partial charge in [-0.05, 0) is 63.2 Å². The lowest BCUT2D eigenvalue weighted by Gasteiger charge is -2.20. The van der Waals surface area contributed by atoms with Gasteiger partial charge in [-0.15, -0.1) is 0 Å². The second kappa shape index (κ2) is 11.1. The van der Waals surface area contributed by atoms with Crippen LogP contribution in [0.1, 0.15) is 42.3 Å². The molecule has 3 aromatic rings. The maximum atomic E-state index is 12.9. The molecule has 2 N–H and O–H groups in total. The molecule has 8 nitrogen and oxygen atoms in total. The molecule has 0 saturated carbocycles. The Morgan fingerprint density at radius 1 is 0.971 bits per heavy atom. The van der Waals surface area contributed by atoms with Crippen LogP contribution in [-0.2, 0) is 11.3 Å². The first-order chi connectivity index (χ1) is 16.7. The van der Waals surface area contributed by atoms with Gasteiger partial charge in [-0.25, -0.2) is 4.79 Å². The molecule has 0 spiro atoms. The highest BCUT2D eigenvalue weighted by atomic mass is 16.6. The van der Waals surface area contributed by atoms with Gasteiger partial charge >= 0.3 is 6.09 Å². The molecular formula is C27H27N3O5. The number of methoxy groups -OCH3 is 1. The van der Waals surface area contributed by atoms with Crippen molar-refractivity contribution in [2.45, 2.75) is 33.0 Å². The largest absolute Gasteiger partial charge is 0.495 e. The van der Waals surface area contributed by atoms with Gasteiger partial charge < -0.3 is 19.5 Å². The Hall–Kier alpha value is -4.51. The number of nitrogens with zero attached hydrogens (tertiary/aromatic N) is 1. The summed E-state index contributed by atoms with van der Waals surface area (Å²) in [5, 5.41) is 14.7. The summed E-state index contributed by atoms with van der Waals surface area (Å²) in [7, 11) is 1.48. The standard InChI is InChI=1S/C27H27N3O5/c1-27(2,3)35-26(32)30-23-15-21(12-13-24(23)33-4)29-25(31)18-10-7-11-22(14-18)34-17-20-9-6-5-8-19(20)16-28/h5-15H,17H2,1-4H3,(H,29,31)(H,30,32). The van der Waals surface area contributed by atoms with Crippen LogP contribution < -0.4 is 20.1 Å². The van der Waals surface area contributed by atoms with Crippen molar-refractivity contribution in [2.75, 3.05) is 17.7 Å². The minimum absolute atomic E-state index is 0.201. The molecule has 3 aromatic carbocycles. The van der Waals surface area contributed by atoms with E-state index in [1.807, 2.05) is 12.1 Å². The van der Waals surface area contributed by atoms with Crippen LogP contribution in [0.2, 0.25) is 0 Å². The Balaban J connectivity index is 1.70. The lowest BCUT2D eigenvalue weighted by Crippen LogP contribution is -2.27. The second-order valence-corrected chi connectivity index (χ2v) is 8.58. The number of amides is 2. The number of anilines is 2. The predicted molar refractivity (Wildman–Crippen MR) is 133 cm³/mol. The second-order valence-electron chi connectivity index (χ2n) is 8.58. The molecule has 0 aromatic heterocycles. The minimum atomic E-state index is -0.660. The van der Waals surface area contributed by atoms with E-state index in [0.717, 1.165) is 5.56 Å². The lowest BCUT2D eigenvalue weighted by molar-refractivity contribution is 0.0635. The third-order valence-corrected chi connectivity index (χ3v) is 4.72. The summed E-state index contributed by atoms with van der Waals surface area (Å²) in [6.45, 7) is 5.49. The molecule has 0 heterocycles. The zero-order chi connectivity index (χ0) is 25.4. The van der Waals surface area contributed by atoms with Crippen molar-refractivity contribution in [3.05, 3.63) is 83.4 Å². The van der Waals surface area contributed by atoms with Crippen LogP contribution in [0.5, 0.6) is 11.5 Å². The number of carbonyl (C=O) groups excluding carboxylic acids is 2. The van der Waals surface area contributed by atoms with E-state index < -0.39 is 11.7 Å². The lowest BCUT2D eigenvalue weighted by atomic mass is 10.1. The van der Waals surface area contributed by atoms with Crippen molar-refractivity contribution in [1.29, 1.82) is 5.26 Å². The molecule has 0 fully saturated rings. The van der Waals surface area contributed by atoms with E-state index >= 15 is 0 Å². The van der Waals surface area contributed by atoms with Gasteiger partial charge in [-0.3, -0.25) is 10.1 Å². The van der Waals surface area contributed by atoms with E-state index in [1.54, 1.807) is 75.4 Å². The topological polar surface area (TPSA) is 110 Å². The van der Waals surface area contributed by atoms with Crippen LogP contribution in [-0.4, -0.2) is 24.7 Å². The SMILES string of the molecule is COc1ccc(NC(=O)c2cccc(OCc3ccccc3C#N)c2)cc1NC(=O)OC(C)(C)C. The van der Waals surface area contributed by atoms with Crippen molar-refractivity contribution in [3.63, 3.8) is 0 Å². The predicted octanol–water partition coefficient (Wildman–Crippen LogP) is 5.75. The maximum absolute atomic E-state index is 12.9. The van der Waals surface area contributed by atoms with E-state index in [1.165, 1.54) is 7.11 Å². The molecule has 0 saturated heterocycles. The molecule has 35 heavy (non-hydrogen) atoms. The van der Waals surface area contributed by atoms with Crippen LogP contribution in [0.3, 0.4) is 0 Å². The minimum Gasteiger partial charge on any atom is -0.495 e. The van der Waals surface area contributed by atoms with Crippen LogP contribution >= 0.6 is 0 Å². The Morgan fingerprint density at radius 3 is 2.46 bits per heavy atom. The number of hydrogen-bond donors (Lipinski definition) is 2. The molecule has 0 radical (unpaired) electrons. The third-order valence-electron chi connectivity index (χ3n) is 4.72. The number of benzene rings is 3. The zero-order valence-corrected chi connectivity index (χ0v) is 20.0. The molecule has 0 aliphatic carbocycles. The molecule has 0 unspecified atom stereocenters. The van der Waals surface area contributed by atoms with Gasteiger partial charge in [0.2, 0.25) is 0 Å². The maximum Gasteiger partial charge on any atom is 0.412 e. The van der Waals surface area contributed by atoms with Gasteiger partial charge in [0.15, 0.2) is 0 Å². The van der Waals surface area contributed by atoms with Crippen LogP contribution in [0.25, 0.3) is 0 Å². The van der Waals surface area contributed by atoms with Crippen LogP contribution in [0, 0.1) is 11.3 Å². The number of nitriles is 1. The number of carbonyl (C=O) groups is 2. The van der Waals surface area contributed by atoms with Crippen LogP contribution in [0.4, 0.5) is 16.2 Å². The van der Waals surface area contributed by atoms with Crippen LogP contribution in [0.15, 0.2) is 66.7 Å². The van der Waals surface area contributed by atoms with E-state index in [4.69, 9.17) is 14.2 Å². The summed E-state index contributed by atoms with van der Waals surface area (Å²) in [5.74, 6) is 0.551. The van der Waals surface area contributed by atoms with Crippen molar-refractivity contribution in [2.24, 2.45) is 0 Å². The zero-order valence-electron chi connectivity index (χ0n) is 20.0. The molecule has 2 amide bonds. The smallest absolute Gasteiger partial charge is 0.412 e. The van der Waals surface area contributed by atoms with Gasteiger partial charge in [0, 0.05) is 16.8 Å². The third kappa shape index (κ3) is 7.24. The van der Waals surface area contributed by atoms with E-state index in [0.29, 0.717) is 34.0 Å². The molecule has 0 atom stereocenters. The molecule has 0 aliphatic rings. The average molecular weight is 474 g/mol. The first-order valence-electron chi connectivity index (χ1n) is 10.9. The van der Waals surface area contributed by atoms with Crippen molar-refractivity contribution < 1.29 is 23.8 Å². The summed E-state index contributed by atoms with van der Waals surface area (Å²) in [6, 6.07) is 20.9. The Labute approximate surface area is 204 Å². The van der Waals surface area contributed by atoms with Gasteiger partial charge in [-0.2, -0.15) is 5.26 Å². The number of rotatable bonds is 7. The summed E-state index contributed by atoms with van der Waals surface area (Å²) in [6.07, 6.45) is -0.637. The normalized spacial score (nSPS) is 10.6. The Kier molecular flexibility index (Phi) is 7.95. The fourth-order valence-electron chi connectivity index (χ4n) is 3.14. The first kappa shape index (κ1) is 25.1. The average Bonchev–Trinajstić information content (AvgIpc) is 2.82. The van der Waals surface area contributed by atoms with Crippen molar-refractivity contribution in [1.82, 2.24) is 0 Å². The van der Waals surface area contributed by atoms with Crippen molar-refractivity contribution >= 4 is 23.4 Å². The summed E-state index contributed by atoms with van der Waals surface area (Å²) < 4.78 is 16.4. The fraction of sp³-hybridized carbons (Fsp3) is 0.222. The monoisotopic (exact) mass is 473 g/mol. The van der Waals surface area contributed by atoms with E-state index in [9.17, 15) is 14.9 Å². The highest BCUT2D eigenvalue weighted by Gasteiger charge is 2.18. The molecule has 3 rings (SSSR count). The number of ether oxygens (including phenoxy) is 3. The highest BCUT2D eigenvalue weighted by molar-refractivity contribution is 6.05.